The van der Waals surface area contributed by atoms with E-state index in [1.807, 2.05) is 30.3 Å². The van der Waals surface area contributed by atoms with E-state index in [0.29, 0.717) is 13.0 Å². The van der Waals surface area contributed by atoms with Gasteiger partial charge < -0.3 is 19.1 Å². The van der Waals surface area contributed by atoms with Gasteiger partial charge in [0.15, 0.2) is 6.10 Å². The summed E-state index contributed by atoms with van der Waals surface area (Å²) in [5, 5.41) is 0. The van der Waals surface area contributed by atoms with E-state index in [0.717, 1.165) is 5.56 Å². The highest BCUT2D eigenvalue weighted by atomic mass is 16.6. The monoisotopic (exact) mass is 335 g/mol. The van der Waals surface area contributed by atoms with Gasteiger partial charge in [0, 0.05) is 26.8 Å². The van der Waals surface area contributed by atoms with Crippen molar-refractivity contribution in [3.05, 3.63) is 35.9 Å². The van der Waals surface area contributed by atoms with Crippen molar-refractivity contribution in [1.29, 1.82) is 0 Å². The van der Waals surface area contributed by atoms with Crippen molar-refractivity contribution >= 4 is 18.0 Å². The Bertz CT molecular complexity index is 588. The van der Waals surface area contributed by atoms with E-state index in [9.17, 15) is 14.4 Å². The van der Waals surface area contributed by atoms with Gasteiger partial charge in [-0.15, -0.1) is 0 Å². The number of benzene rings is 1. The highest BCUT2D eigenvalue weighted by molar-refractivity contribution is 5.69. The molecular formula is C17H21NO6. The Hall–Kier alpha value is -2.57. The van der Waals surface area contributed by atoms with Gasteiger partial charge in [-0.1, -0.05) is 30.3 Å². The van der Waals surface area contributed by atoms with Crippen molar-refractivity contribution in [3.8, 4) is 0 Å². The molecule has 130 valence electrons. The van der Waals surface area contributed by atoms with E-state index in [1.54, 1.807) is 0 Å². The fourth-order valence-electron chi connectivity index (χ4n) is 2.55. The van der Waals surface area contributed by atoms with E-state index in [1.165, 1.54) is 18.7 Å². The SMILES string of the molecule is CC(=O)O[C@@H]1CCN(C(=O)OCc2ccccc2)C[C@H]1OC(C)=O. The van der Waals surface area contributed by atoms with Crippen LogP contribution in [0.1, 0.15) is 25.8 Å². The zero-order valence-electron chi connectivity index (χ0n) is 13.8. The van der Waals surface area contributed by atoms with Crippen molar-refractivity contribution in [2.24, 2.45) is 0 Å². The molecule has 0 saturated carbocycles. The van der Waals surface area contributed by atoms with Crippen LogP contribution in [0.2, 0.25) is 0 Å². The summed E-state index contributed by atoms with van der Waals surface area (Å²) < 4.78 is 15.6. The zero-order valence-corrected chi connectivity index (χ0v) is 13.8. The predicted molar refractivity (Wildman–Crippen MR) is 83.9 cm³/mol. The number of hydrogen-bond donors (Lipinski definition) is 0. The number of rotatable bonds is 4. The molecule has 0 N–H and O–H groups in total. The van der Waals surface area contributed by atoms with Crippen molar-refractivity contribution < 1.29 is 28.6 Å². The Morgan fingerprint density at radius 1 is 1.04 bits per heavy atom. The first-order valence-corrected chi connectivity index (χ1v) is 7.75. The molecule has 0 aromatic heterocycles. The highest BCUT2D eigenvalue weighted by Gasteiger charge is 2.36. The Morgan fingerprint density at radius 2 is 1.67 bits per heavy atom. The number of carbonyl (C=O) groups excluding carboxylic acids is 3. The molecule has 24 heavy (non-hydrogen) atoms. The van der Waals surface area contributed by atoms with E-state index in [2.05, 4.69) is 0 Å². The van der Waals surface area contributed by atoms with Crippen LogP contribution in [0.4, 0.5) is 4.79 Å². The molecule has 1 aromatic rings. The summed E-state index contributed by atoms with van der Waals surface area (Å²) in [6, 6.07) is 9.34. The number of hydrogen-bond acceptors (Lipinski definition) is 6. The van der Waals surface area contributed by atoms with Crippen LogP contribution in [-0.4, -0.2) is 48.2 Å². The summed E-state index contributed by atoms with van der Waals surface area (Å²) in [5.74, 6) is -0.936. The van der Waals surface area contributed by atoms with E-state index in [-0.39, 0.29) is 13.2 Å². The Kier molecular flexibility index (Phi) is 6.17. The normalized spacial score (nSPS) is 20.2. The molecule has 0 unspecified atom stereocenters. The Balaban J connectivity index is 1.92. The van der Waals surface area contributed by atoms with Crippen molar-refractivity contribution in [1.82, 2.24) is 4.90 Å². The number of ether oxygens (including phenoxy) is 3. The number of nitrogens with zero attached hydrogens (tertiary/aromatic N) is 1. The van der Waals surface area contributed by atoms with Crippen molar-refractivity contribution in [3.63, 3.8) is 0 Å². The second-order valence-electron chi connectivity index (χ2n) is 5.57. The molecule has 1 aliphatic rings. The molecule has 1 fully saturated rings. The van der Waals surface area contributed by atoms with Crippen LogP contribution < -0.4 is 0 Å². The second-order valence-corrected chi connectivity index (χ2v) is 5.57. The first-order chi connectivity index (χ1) is 11.5. The maximum Gasteiger partial charge on any atom is 0.410 e. The molecular weight excluding hydrogens is 314 g/mol. The molecule has 0 aliphatic carbocycles. The summed E-state index contributed by atoms with van der Waals surface area (Å²) in [7, 11) is 0. The smallest absolute Gasteiger partial charge is 0.410 e. The minimum absolute atomic E-state index is 0.130. The molecule has 1 saturated heterocycles. The molecule has 1 aliphatic heterocycles. The summed E-state index contributed by atoms with van der Waals surface area (Å²) in [4.78, 5) is 36.0. The van der Waals surface area contributed by atoms with Crippen molar-refractivity contribution in [2.75, 3.05) is 13.1 Å². The van der Waals surface area contributed by atoms with Crippen LogP contribution in [0.3, 0.4) is 0 Å². The molecule has 0 bridgehead atoms. The van der Waals surface area contributed by atoms with Crippen LogP contribution in [0.25, 0.3) is 0 Å². The van der Waals surface area contributed by atoms with Gasteiger partial charge in [0.1, 0.15) is 12.7 Å². The molecule has 2 atom stereocenters. The molecule has 1 aromatic carbocycles. The largest absolute Gasteiger partial charge is 0.458 e. The lowest BCUT2D eigenvalue weighted by Gasteiger charge is -2.36. The van der Waals surface area contributed by atoms with Gasteiger partial charge in [0.2, 0.25) is 0 Å². The zero-order chi connectivity index (χ0) is 17.5. The molecule has 2 rings (SSSR count). The third kappa shape index (κ3) is 5.26. The minimum atomic E-state index is -0.690. The lowest BCUT2D eigenvalue weighted by molar-refractivity contribution is -0.170. The van der Waals surface area contributed by atoms with Gasteiger partial charge in [0.05, 0.1) is 6.54 Å². The standard InChI is InChI=1S/C17H21NO6/c1-12(19)23-15-8-9-18(10-16(15)24-13(2)20)17(21)22-11-14-6-4-3-5-7-14/h3-7,15-16H,8-11H2,1-2H3/t15-,16-/m1/s1. The Labute approximate surface area is 140 Å². The average molecular weight is 335 g/mol. The van der Waals surface area contributed by atoms with Crippen molar-refractivity contribution in [2.45, 2.75) is 39.1 Å². The summed E-state index contributed by atoms with van der Waals surface area (Å²) in [5.41, 5.74) is 0.886. The molecule has 0 radical (unpaired) electrons. The lowest BCUT2D eigenvalue weighted by atomic mass is 10.0. The van der Waals surface area contributed by atoms with Crippen LogP contribution in [0.5, 0.6) is 0 Å². The number of likely N-dealkylation sites (tertiary alicyclic amines) is 1. The maximum atomic E-state index is 12.2. The predicted octanol–water partition coefficient (Wildman–Crippen LogP) is 1.89. The van der Waals surface area contributed by atoms with Crippen LogP contribution in [0, 0.1) is 0 Å². The van der Waals surface area contributed by atoms with Crippen LogP contribution in [0.15, 0.2) is 30.3 Å². The number of esters is 2. The third-order valence-electron chi connectivity index (χ3n) is 3.60. The third-order valence-corrected chi connectivity index (χ3v) is 3.60. The Morgan fingerprint density at radius 3 is 2.29 bits per heavy atom. The molecule has 1 heterocycles. The summed E-state index contributed by atoms with van der Waals surface area (Å²) >= 11 is 0. The van der Waals surface area contributed by atoms with Gasteiger partial charge in [-0.05, 0) is 5.56 Å². The van der Waals surface area contributed by atoms with Gasteiger partial charge in [-0.2, -0.15) is 0 Å². The molecule has 0 spiro atoms. The van der Waals surface area contributed by atoms with Gasteiger partial charge in [-0.25, -0.2) is 4.79 Å². The van der Waals surface area contributed by atoms with Gasteiger partial charge >= 0.3 is 18.0 Å². The molecule has 1 amide bonds. The number of carbonyl (C=O) groups is 3. The first kappa shape index (κ1) is 17.8. The van der Waals surface area contributed by atoms with Crippen LogP contribution in [-0.2, 0) is 30.4 Å². The molecule has 7 heteroatoms. The second kappa shape index (κ2) is 8.33. The fourth-order valence-corrected chi connectivity index (χ4v) is 2.55. The quantitative estimate of drug-likeness (QED) is 0.617. The van der Waals surface area contributed by atoms with Crippen LogP contribution >= 0.6 is 0 Å². The summed E-state index contributed by atoms with van der Waals surface area (Å²) in [6.07, 6.45) is -1.34. The van der Waals surface area contributed by atoms with Gasteiger partial charge in [-0.3, -0.25) is 9.59 Å². The van der Waals surface area contributed by atoms with E-state index in [4.69, 9.17) is 14.2 Å². The first-order valence-electron chi connectivity index (χ1n) is 7.75. The fraction of sp³-hybridized carbons (Fsp3) is 0.471. The maximum absolute atomic E-state index is 12.2. The topological polar surface area (TPSA) is 82.1 Å². The van der Waals surface area contributed by atoms with E-state index >= 15 is 0 Å². The minimum Gasteiger partial charge on any atom is -0.458 e. The highest BCUT2D eigenvalue weighted by Crippen LogP contribution is 2.19. The van der Waals surface area contributed by atoms with E-state index < -0.39 is 30.2 Å². The number of piperidine rings is 1. The molecule has 7 nitrogen and oxygen atoms in total. The number of amides is 1. The summed E-state index contributed by atoms with van der Waals surface area (Å²) in [6.45, 7) is 3.24. The van der Waals surface area contributed by atoms with Gasteiger partial charge in [0.25, 0.3) is 0 Å². The average Bonchev–Trinajstić information content (AvgIpc) is 2.54. The lowest BCUT2D eigenvalue weighted by Crippen LogP contribution is -2.52.